The molecule has 1 atom stereocenters. The summed E-state index contributed by atoms with van der Waals surface area (Å²) in [6, 6.07) is 10.5. The van der Waals surface area contributed by atoms with Crippen molar-refractivity contribution in [1.82, 2.24) is 0 Å². The fourth-order valence-electron chi connectivity index (χ4n) is 1.93. The highest BCUT2D eigenvalue weighted by molar-refractivity contribution is 9.11. The number of aryl methyl sites for hydroxylation is 2. The van der Waals surface area contributed by atoms with Crippen LogP contribution in [0.15, 0.2) is 34.8 Å². The van der Waals surface area contributed by atoms with Crippen LogP contribution in [0.5, 0.6) is 5.75 Å². The Morgan fingerprint density at radius 1 is 1.26 bits per heavy atom. The quantitative estimate of drug-likeness (QED) is 0.565. The number of ether oxygens (including phenoxy) is 1. The first-order valence-electron chi connectivity index (χ1n) is 6.13. The molecule has 0 saturated heterocycles. The lowest BCUT2D eigenvalue weighted by molar-refractivity contribution is 0.414. The monoisotopic (exact) mass is 402 g/mol. The third kappa shape index (κ3) is 4.07. The van der Waals surface area contributed by atoms with Gasteiger partial charge in [0.25, 0.3) is 0 Å². The normalized spacial score (nSPS) is 12.4. The van der Waals surface area contributed by atoms with E-state index in [1.54, 1.807) is 7.11 Å². The Hall–Kier alpha value is -0.320. The van der Waals surface area contributed by atoms with Gasteiger partial charge in [-0.3, -0.25) is 0 Å². The van der Waals surface area contributed by atoms with Crippen molar-refractivity contribution in [2.45, 2.75) is 24.6 Å². The van der Waals surface area contributed by atoms with Crippen molar-refractivity contribution >= 4 is 43.2 Å². The van der Waals surface area contributed by atoms with Crippen molar-refractivity contribution in [2.24, 2.45) is 0 Å². The number of hydrogen-bond donors (Lipinski definition) is 0. The molecule has 19 heavy (non-hydrogen) atoms. The SMILES string of the molecule is COc1ccc(CCC(Br)c2sc(C)cc2Br)cc1. The van der Waals surface area contributed by atoms with Crippen LogP contribution in [0.1, 0.15) is 26.6 Å². The highest BCUT2D eigenvalue weighted by Gasteiger charge is 2.14. The molecule has 0 bridgehead atoms. The van der Waals surface area contributed by atoms with Gasteiger partial charge in [0.05, 0.1) is 11.9 Å². The second-order valence-corrected chi connectivity index (χ2v) is 7.67. The molecule has 1 aromatic heterocycles. The minimum absolute atomic E-state index is 0.405. The Labute approximate surface area is 135 Å². The van der Waals surface area contributed by atoms with Gasteiger partial charge >= 0.3 is 0 Å². The highest BCUT2D eigenvalue weighted by atomic mass is 79.9. The molecule has 0 N–H and O–H groups in total. The van der Waals surface area contributed by atoms with Gasteiger partial charge in [-0.2, -0.15) is 0 Å². The molecule has 4 heteroatoms. The molecule has 2 aromatic rings. The summed E-state index contributed by atoms with van der Waals surface area (Å²) in [7, 11) is 1.69. The zero-order valence-corrected chi connectivity index (χ0v) is 14.9. The predicted octanol–water partition coefficient (Wildman–Crippen LogP) is 5.90. The molecule has 0 amide bonds. The topological polar surface area (TPSA) is 9.23 Å². The first-order valence-corrected chi connectivity index (χ1v) is 8.65. The summed E-state index contributed by atoms with van der Waals surface area (Å²) in [5, 5.41) is 0. The molecule has 2 rings (SSSR count). The number of alkyl halides is 1. The van der Waals surface area contributed by atoms with Crippen molar-refractivity contribution in [3.63, 3.8) is 0 Å². The van der Waals surface area contributed by atoms with Crippen LogP contribution < -0.4 is 4.74 Å². The average molecular weight is 404 g/mol. The maximum absolute atomic E-state index is 5.17. The molecule has 0 radical (unpaired) electrons. The van der Waals surface area contributed by atoms with Gasteiger partial charge in [0.15, 0.2) is 0 Å². The average Bonchev–Trinajstić information content (AvgIpc) is 2.75. The predicted molar refractivity (Wildman–Crippen MR) is 89.7 cm³/mol. The van der Waals surface area contributed by atoms with E-state index in [4.69, 9.17) is 4.74 Å². The van der Waals surface area contributed by atoms with Gasteiger partial charge in [-0.1, -0.05) is 28.1 Å². The minimum atomic E-state index is 0.405. The number of hydrogen-bond acceptors (Lipinski definition) is 2. The van der Waals surface area contributed by atoms with E-state index in [9.17, 15) is 0 Å². The van der Waals surface area contributed by atoms with Crippen LogP contribution in [0.2, 0.25) is 0 Å². The van der Waals surface area contributed by atoms with Gasteiger partial charge in [-0.15, -0.1) is 11.3 Å². The summed E-state index contributed by atoms with van der Waals surface area (Å²) < 4.78 is 6.38. The Balaban J connectivity index is 1.96. The Morgan fingerprint density at radius 3 is 2.47 bits per heavy atom. The van der Waals surface area contributed by atoms with E-state index in [1.807, 2.05) is 23.5 Å². The summed E-state index contributed by atoms with van der Waals surface area (Å²) in [6.45, 7) is 2.14. The molecule has 0 aliphatic carbocycles. The van der Waals surface area contributed by atoms with Crippen LogP contribution in [0.3, 0.4) is 0 Å². The van der Waals surface area contributed by atoms with E-state index in [0.717, 1.165) is 18.6 Å². The third-order valence-electron chi connectivity index (χ3n) is 2.97. The second-order valence-electron chi connectivity index (χ2n) is 4.42. The maximum atomic E-state index is 5.17. The summed E-state index contributed by atoms with van der Waals surface area (Å²) in [5.41, 5.74) is 1.34. The smallest absolute Gasteiger partial charge is 0.118 e. The Morgan fingerprint density at radius 2 is 1.95 bits per heavy atom. The first-order chi connectivity index (χ1) is 9.10. The number of halogens is 2. The van der Waals surface area contributed by atoms with Gasteiger partial charge < -0.3 is 4.74 Å². The van der Waals surface area contributed by atoms with Crippen molar-refractivity contribution < 1.29 is 4.74 Å². The molecule has 1 aromatic carbocycles. The van der Waals surface area contributed by atoms with Crippen molar-refractivity contribution in [1.29, 1.82) is 0 Å². The summed E-state index contributed by atoms with van der Waals surface area (Å²) in [5.74, 6) is 0.913. The highest BCUT2D eigenvalue weighted by Crippen LogP contribution is 2.39. The Bertz CT molecular complexity index is 534. The largest absolute Gasteiger partial charge is 0.497 e. The third-order valence-corrected chi connectivity index (χ3v) is 6.27. The number of methoxy groups -OCH3 is 1. The van der Waals surface area contributed by atoms with Gasteiger partial charge in [0, 0.05) is 14.2 Å². The van der Waals surface area contributed by atoms with Crippen molar-refractivity contribution in [3.05, 3.63) is 50.1 Å². The van der Waals surface area contributed by atoms with Crippen LogP contribution in [-0.2, 0) is 6.42 Å². The van der Waals surface area contributed by atoms with E-state index in [0.29, 0.717) is 4.83 Å². The zero-order valence-electron chi connectivity index (χ0n) is 11.0. The van der Waals surface area contributed by atoms with Crippen molar-refractivity contribution in [2.75, 3.05) is 7.11 Å². The van der Waals surface area contributed by atoms with Gasteiger partial charge in [0.2, 0.25) is 0 Å². The molecule has 0 fully saturated rings. The van der Waals surface area contributed by atoms with E-state index in [-0.39, 0.29) is 0 Å². The molecule has 1 heterocycles. The van der Waals surface area contributed by atoms with Crippen LogP contribution in [-0.4, -0.2) is 7.11 Å². The molecule has 0 aliphatic rings. The first kappa shape index (κ1) is 15.1. The Kier molecular flexibility index (Phi) is 5.48. The maximum Gasteiger partial charge on any atom is 0.118 e. The van der Waals surface area contributed by atoms with E-state index < -0.39 is 0 Å². The fourth-order valence-corrected chi connectivity index (χ4v) is 4.93. The summed E-state index contributed by atoms with van der Waals surface area (Å²) >= 11 is 9.27. The molecule has 0 saturated carbocycles. The molecular formula is C15H16Br2OS. The zero-order chi connectivity index (χ0) is 13.8. The molecule has 102 valence electrons. The van der Waals surface area contributed by atoms with Crippen molar-refractivity contribution in [3.8, 4) is 5.75 Å². The lowest BCUT2D eigenvalue weighted by Gasteiger charge is -2.09. The lowest BCUT2D eigenvalue weighted by atomic mass is 10.1. The summed E-state index contributed by atoms with van der Waals surface area (Å²) in [6.07, 6.45) is 2.15. The molecule has 0 spiro atoms. The minimum Gasteiger partial charge on any atom is -0.497 e. The molecule has 1 nitrogen and oxygen atoms in total. The van der Waals surface area contributed by atoms with Crippen LogP contribution in [0.4, 0.5) is 0 Å². The fraction of sp³-hybridized carbons (Fsp3) is 0.333. The molecule has 0 aliphatic heterocycles. The van der Waals surface area contributed by atoms with Crippen LogP contribution >= 0.6 is 43.2 Å². The van der Waals surface area contributed by atoms with Gasteiger partial charge in [0.1, 0.15) is 5.75 Å². The number of benzene rings is 1. The van der Waals surface area contributed by atoms with Gasteiger partial charge in [-0.25, -0.2) is 0 Å². The molecular weight excluding hydrogens is 388 g/mol. The second kappa shape index (κ2) is 6.91. The molecule has 1 unspecified atom stereocenters. The van der Waals surface area contributed by atoms with Gasteiger partial charge in [-0.05, 0) is 59.5 Å². The van der Waals surface area contributed by atoms with E-state index in [2.05, 4.69) is 57.0 Å². The summed E-state index contributed by atoms with van der Waals surface area (Å²) in [4.78, 5) is 3.13. The van der Waals surface area contributed by atoms with E-state index >= 15 is 0 Å². The van der Waals surface area contributed by atoms with Crippen LogP contribution in [0, 0.1) is 6.92 Å². The van der Waals surface area contributed by atoms with Crippen LogP contribution in [0.25, 0.3) is 0 Å². The van der Waals surface area contributed by atoms with E-state index in [1.165, 1.54) is 19.8 Å². The number of rotatable bonds is 5. The standard InChI is InChI=1S/C15H16Br2OS/c1-10-9-14(17)15(19-10)13(16)8-5-11-3-6-12(18-2)7-4-11/h3-4,6-7,9,13H,5,8H2,1-2H3. The number of thiophene rings is 1. The lowest BCUT2D eigenvalue weighted by Crippen LogP contribution is -1.92.